The molecule has 1 aromatic rings. The predicted molar refractivity (Wildman–Crippen MR) is 87.1 cm³/mol. The van der Waals surface area contributed by atoms with Gasteiger partial charge >= 0.3 is 0 Å². The summed E-state index contributed by atoms with van der Waals surface area (Å²) in [5.74, 6) is 0.860. The van der Waals surface area contributed by atoms with Crippen LogP contribution >= 0.6 is 0 Å². The lowest BCUT2D eigenvalue weighted by Crippen LogP contribution is -2.33. The number of nitrogens with zero attached hydrogens (tertiary/aromatic N) is 3. The Morgan fingerprint density at radius 2 is 2.14 bits per heavy atom. The standard InChI is InChI=1S/C18H27N3O/c1-12(2)9-14-16(18(14,3)4)17(22)21-8-6-7-15(21)13-10-19-20(5)11-13/h9-11,14-16H,6-8H2,1-5H3/t14-,15-,16+/m1/s1. The van der Waals surface area contributed by atoms with Gasteiger partial charge in [0.15, 0.2) is 0 Å². The number of hydrogen-bond acceptors (Lipinski definition) is 2. The molecule has 1 aliphatic heterocycles. The number of rotatable bonds is 3. The Hall–Kier alpha value is -1.58. The number of aromatic nitrogens is 2. The molecule has 4 nitrogen and oxygen atoms in total. The highest BCUT2D eigenvalue weighted by Gasteiger charge is 2.61. The summed E-state index contributed by atoms with van der Waals surface area (Å²) >= 11 is 0. The molecule has 0 aromatic carbocycles. The third kappa shape index (κ3) is 2.49. The molecule has 22 heavy (non-hydrogen) atoms. The summed E-state index contributed by atoms with van der Waals surface area (Å²) < 4.78 is 1.82. The average molecular weight is 301 g/mol. The van der Waals surface area contributed by atoms with Gasteiger partial charge in [-0.25, -0.2) is 0 Å². The Morgan fingerprint density at radius 3 is 2.73 bits per heavy atom. The zero-order valence-electron chi connectivity index (χ0n) is 14.3. The number of aryl methyl sites for hydroxylation is 1. The van der Waals surface area contributed by atoms with Gasteiger partial charge in [-0.05, 0) is 38.0 Å². The van der Waals surface area contributed by atoms with E-state index in [0.29, 0.717) is 11.8 Å². The molecule has 0 radical (unpaired) electrons. The van der Waals surface area contributed by atoms with E-state index < -0.39 is 0 Å². The van der Waals surface area contributed by atoms with Crippen molar-refractivity contribution < 1.29 is 4.79 Å². The Balaban J connectivity index is 1.79. The fraction of sp³-hybridized carbons (Fsp3) is 0.667. The molecule has 2 fully saturated rings. The molecule has 0 spiro atoms. The van der Waals surface area contributed by atoms with Gasteiger partial charge in [0.25, 0.3) is 0 Å². The summed E-state index contributed by atoms with van der Waals surface area (Å²) in [4.78, 5) is 15.2. The van der Waals surface area contributed by atoms with Gasteiger partial charge in [0.2, 0.25) is 5.91 Å². The van der Waals surface area contributed by atoms with Gasteiger partial charge in [-0.15, -0.1) is 0 Å². The number of carbonyl (C=O) groups is 1. The highest BCUT2D eigenvalue weighted by atomic mass is 16.2. The summed E-state index contributed by atoms with van der Waals surface area (Å²) in [5, 5.41) is 4.27. The maximum Gasteiger partial charge on any atom is 0.227 e. The fourth-order valence-electron chi connectivity index (χ4n) is 3.99. The molecule has 1 saturated heterocycles. The first-order chi connectivity index (χ1) is 10.3. The second kappa shape index (κ2) is 5.25. The molecular weight excluding hydrogens is 274 g/mol. The Morgan fingerprint density at radius 1 is 1.41 bits per heavy atom. The number of allylic oxidation sites excluding steroid dienone is 2. The summed E-state index contributed by atoms with van der Waals surface area (Å²) in [6.45, 7) is 9.55. The van der Waals surface area contributed by atoms with Crippen LogP contribution in [0.5, 0.6) is 0 Å². The van der Waals surface area contributed by atoms with E-state index in [4.69, 9.17) is 0 Å². The predicted octanol–water partition coefficient (Wildman–Crippen LogP) is 3.32. The minimum absolute atomic E-state index is 0.0937. The fourth-order valence-corrected chi connectivity index (χ4v) is 3.99. The molecule has 4 heteroatoms. The van der Waals surface area contributed by atoms with Crippen LogP contribution in [0.25, 0.3) is 0 Å². The molecule has 2 aliphatic rings. The van der Waals surface area contributed by atoms with Gasteiger partial charge in [0, 0.05) is 25.4 Å². The van der Waals surface area contributed by atoms with Crippen molar-refractivity contribution in [3.8, 4) is 0 Å². The minimum atomic E-state index is 0.0937. The van der Waals surface area contributed by atoms with Crippen molar-refractivity contribution in [3.05, 3.63) is 29.6 Å². The number of likely N-dealkylation sites (tertiary alicyclic amines) is 1. The first-order valence-electron chi connectivity index (χ1n) is 8.26. The van der Waals surface area contributed by atoms with Gasteiger partial charge in [-0.1, -0.05) is 25.5 Å². The Kier molecular flexibility index (Phi) is 3.66. The van der Waals surface area contributed by atoms with Crippen molar-refractivity contribution in [1.82, 2.24) is 14.7 Å². The smallest absolute Gasteiger partial charge is 0.227 e. The third-order valence-electron chi connectivity index (χ3n) is 5.34. The van der Waals surface area contributed by atoms with E-state index in [1.54, 1.807) is 0 Å². The first-order valence-corrected chi connectivity index (χ1v) is 8.26. The average Bonchev–Trinajstić information content (AvgIpc) is 2.85. The van der Waals surface area contributed by atoms with Crippen molar-refractivity contribution in [3.63, 3.8) is 0 Å². The van der Waals surface area contributed by atoms with Crippen LogP contribution in [0.4, 0.5) is 0 Å². The van der Waals surface area contributed by atoms with Gasteiger partial charge in [-0.2, -0.15) is 5.10 Å². The molecular formula is C18H27N3O. The molecule has 0 N–H and O–H groups in total. The minimum Gasteiger partial charge on any atom is -0.335 e. The van der Waals surface area contributed by atoms with E-state index in [1.165, 1.54) is 11.1 Å². The molecule has 1 aromatic heterocycles. The van der Waals surface area contributed by atoms with Gasteiger partial charge in [0.1, 0.15) is 0 Å². The quantitative estimate of drug-likeness (QED) is 0.803. The van der Waals surface area contributed by atoms with E-state index >= 15 is 0 Å². The van der Waals surface area contributed by atoms with Crippen molar-refractivity contribution in [2.24, 2.45) is 24.3 Å². The molecule has 3 atom stereocenters. The van der Waals surface area contributed by atoms with Crippen LogP contribution in [0.3, 0.4) is 0 Å². The summed E-state index contributed by atoms with van der Waals surface area (Å²) in [7, 11) is 1.93. The van der Waals surface area contributed by atoms with Crippen LogP contribution in [0, 0.1) is 17.3 Å². The van der Waals surface area contributed by atoms with Crippen molar-refractivity contribution in [2.75, 3.05) is 6.54 Å². The lowest BCUT2D eigenvalue weighted by molar-refractivity contribution is -0.134. The Labute approximate surface area is 133 Å². The Bertz CT molecular complexity index is 610. The van der Waals surface area contributed by atoms with E-state index in [-0.39, 0.29) is 17.4 Å². The van der Waals surface area contributed by atoms with E-state index in [1.807, 2.05) is 24.1 Å². The highest BCUT2D eigenvalue weighted by molar-refractivity contribution is 5.84. The van der Waals surface area contributed by atoms with E-state index in [9.17, 15) is 4.79 Å². The van der Waals surface area contributed by atoms with Crippen LogP contribution in [0.1, 0.15) is 52.1 Å². The summed E-state index contributed by atoms with van der Waals surface area (Å²) in [6, 6.07) is 0.213. The van der Waals surface area contributed by atoms with Crippen LogP contribution in [-0.2, 0) is 11.8 Å². The van der Waals surface area contributed by atoms with Crippen molar-refractivity contribution >= 4 is 5.91 Å². The largest absolute Gasteiger partial charge is 0.335 e. The summed E-state index contributed by atoms with van der Waals surface area (Å²) in [6.07, 6.45) is 8.37. The van der Waals surface area contributed by atoms with Crippen LogP contribution in [0.2, 0.25) is 0 Å². The number of hydrogen-bond donors (Lipinski definition) is 0. The maximum absolute atomic E-state index is 13.1. The van der Waals surface area contributed by atoms with E-state index in [0.717, 1.165) is 19.4 Å². The number of carbonyl (C=O) groups excluding carboxylic acids is 1. The normalized spacial score (nSPS) is 29.5. The second-order valence-electron chi connectivity index (χ2n) is 7.71. The van der Waals surface area contributed by atoms with Crippen LogP contribution in [-0.4, -0.2) is 27.1 Å². The third-order valence-corrected chi connectivity index (χ3v) is 5.34. The molecule has 1 aliphatic carbocycles. The van der Waals surface area contributed by atoms with Gasteiger partial charge in [-0.3, -0.25) is 9.48 Å². The van der Waals surface area contributed by atoms with E-state index in [2.05, 4.69) is 43.8 Å². The van der Waals surface area contributed by atoms with Gasteiger partial charge in [0.05, 0.1) is 18.2 Å². The molecule has 120 valence electrons. The molecule has 0 unspecified atom stereocenters. The lowest BCUT2D eigenvalue weighted by Gasteiger charge is -2.24. The van der Waals surface area contributed by atoms with Crippen molar-refractivity contribution in [1.29, 1.82) is 0 Å². The molecule has 2 heterocycles. The number of amides is 1. The van der Waals surface area contributed by atoms with Gasteiger partial charge < -0.3 is 4.90 Å². The monoisotopic (exact) mass is 301 g/mol. The zero-order chi connectivity index (χ0) is 16.1. The molecule has 0 bridgehead atoms. The summed E-state index contributed by atoms with van der Waals surface area (Å²) in [5.41, 5.74) is 2.57. The first kappa shape index (κ1) is 15.3. The van der Waals surface area contributed by atoms with Crippen LogP contribution in [0.15, 0.2) is 24.0 Å². The SMILES string of the molecule is CC(C)=C[C@@H]1[C@@H](C(=O)N2CCC[C@@H]2c2cnn(C)c2)C1(C)C. The van der Waals surface area contributed by atoms with Crippen molar-refractivity contribution in [2.45, 2.75) is 46.6 Å². The lowest BCUT2D eigenvalue weighted by atomic mass is 10.1. The molecule has 3 rings (SSSR count). The topological polar surface area (TPSA) is 38.1 Å². The molecule has 1 amide bonds. The molecule has 1 saturated carbocycles. The maximum atomic E-state index is 13.1. The zero-order valence-corrected chi connectivity index (χ0v) is 14.3. The second-order valence-corrected chi connectivity index (χ2v) is 7.71. The highest BCUT2D eigenvalue weighted by Crippen LogP contribution is 2.60. The van der Waals surface area contributed by atoms with Crippen LogP contribution < -0.4 is 0 Å².